The summed E-state index contributed by atoms with van der Waals surface area (Å²) < 4.78 is 5.66. The van der Waals surface area contributed by atoms with Crippen LogP contribution < -0.4 is 0 Å². The molecule has 0 saturated heterocycles. The maximum atomic E-state index is 5.66. The van der Waals surface area contributed by atoms with Crippen LogP contribution in [0.15, 0.2) is 12.1 Å². The molecule has 0 bridgehead atoms. The second-order valence-corrected chi connectivity index (χ2v) is 4.11. The second-order valence-electron chi connectivity index (χ2n) is 3.05. The van der Waals surface area contributed by atoms with Crippen LogP contribution in [0.3, 0.4) is 0 Å². The van der Waals surface area contributed by atoms with Gasteiger partial charge in [-0.25, -0.2) is 0 Å². The van der Waals surface area contributed by atoms with Crippen molar-refractivity contribution in [2.45, 2.75) is 38.2 Å². The molecule has 0 aromatic carbocycles. The van der Waals surface area contributed by atoms with Gasteiger partial charge in [0, 0.05) is 0 Å². The lowest BCUT2D eigenvalue weighted by molar-refractivity contribution is 0.0992. The fourth-order valence-electron chi connectivity index (χ4n) is 1.44. The van der Waals surface area contributed by atoms with Crippen LogP contribution in [0.1, 0.15) is 32.1 Å². The number of ether oxygens (including phenoxy) is 1. The summed E-state index contributed by atoms with van der Waals surface area (Å²) in [5.74, 6) is 0. The Bertz CT molecular complexity index is 128. The van der Waals surface area contributed by atoms with E-state index in [1.807, 2.05) is 0 Å². The summed E-state index contributed by atoms with van der Waals surface area (Å²) >= 11 is 0. The Morgan fingerprint density at radius 3 is 2.55 bits per heavy atom. The topological polar surface area (TPSA) is 9.23 Å². The van der Waals surface area contributed by atoms with Gasteiger partial charge >= 0.3 is 0 Å². The molecular formula is C9H17OP. The molecule has 0 aromatic heterocycles. The van der Waals surface area contributed by atoms with Gasteiger partial charge in [-0.3, -0.25) is 0 Å². The van der Waals surface area contributed by atoms with E-state index in [0.29, 0.717) is 6.10 Å². The van der Waals surface area contributed by atoms with E-state index < -0.39 is 0 Å². The molecule has 0 amide bonds. The summed E-state index contributed by atoms with van der Waals surface area (Å²) in [4.78, 5) is 0. The second kappa shape index (κ2) is 4.77. The van der Waals surface area contributed by atoms with Gasteiger partial charge in [-0.1, -0.05) is 21.6 Å². The summed E-state index contributed by atoms with van der Waals surface area (Å²) in [5.41, 5.74) is 0.983. The molecule has 0 radical (unpaired) electrons. The van der Waals surface area contributed by atoms with Crippen molar-refractivity contribution in [1.82, 2.24) is 0 Å². The Balaban J connectivity index is 2.19. The van der Waals surface area contributed by atoms with Crippen molar-refractivity contribution >= 4 is 8.58 Å². The van der Waals surface area contributed by atoms with Gasteiger partial charge in [-0.15, -0.1) is 0 Å². The first kappa shape index (κ1) is 9.06. The average Bonchev–Trinajstić information content (AvgIpc) is 2.06. The monoisotopic (exact) mass is 172 g/mol. The van der Waals surface area contributed by atoms with Crippen molar-refractivity contribution in [3.05, 3.63) is 12.1 Å². The molecule has 1 aliphatic rings. The zero-order valence-corrected chi connectivity index (χ0v) is 8.23. The molecule has 1 saturated carbocycles. The standard InChI is InChI=1S/C9H17OP/c1-8(11-2)10-9-6-4-3-5-7-9/h9,11H,1,3-7H2,2H3. The Morgan fingerprint density at radius 1 is 1.36 bits per heavy atom. The lowest BCUT2D eigenvalue weighted by Crippen LogP contribution is -2.14. The first-order valence-electron chi connectivity index (χ1n) is 4.36. The highest BCUT2D eigenvalue weighted by Gasteiger charge is 2.14. The first-order valence-corrected chi connectivity index (χ1v) is 5.86. The van der Waals surface area contributed by atoms with Gasteiger partial charge in [0.1, 0.15) is 5.50 Å². The van der Waals surface area contributed by atoms with Crippen LogP contribution in [0.25, 0.3) is 0 Å². The van der Waals surface area contributed by atoms with Crippen molar-refractivity contribution in [3.8, 4) is 0 Å². The van der Waals surface area contributed by atoms with Crippen LogP contribution in [-0.4, -0.2) is 12.8 Å². The number of hydrogen-bond donors (Lipinski definition) is 0. The van der Waals surface area contributed by atoms with Gasteiger partial charge in [-0.05, 0) is 32.3 Å². The predicted octanol–water partition coefficient (Wildman–Crippen LogP) is 3.12. The summed E-state index contributed by atoms with van der Waals surface area (Å²) in [6.45, 7) is 5.97. The highest BCUT2D eigenvalue weighted by molar-refractivity contribution is 7.41. The van der Waals surface area contributed by atoms with E-state index in [-0.39, 0.29) is 0 Å². The van der Waals surface area contributed by atoms with E-state index in [1.54, 1.807) is 0 Å². The van der Waals surface area contributed by atoms with Crippen molar-refractivity contribution < 1.29 is 4.74 Å². The van der Waals surface area contributed by atoms with Crippen molar-refractivity contribution in [1.29, 1.82) is 0 Å². The summed E-state index contributed by atoms with van der Waals surface area (Å²) in [7, 11) is 0.739. The fraction of sp³-hybridized carbons (Fsp3) is 0.778. The van der Waals surface area contributed by atoms with E-state index in [1.165, 1.54) is 32.1 Å². The third kappa shape index (κ3) is 3.25. The highest BCUT2D eigenvalue weighted by Crippen LogP contribution is 2.26. The number of hydrogen-bond acceptors (Lipinski definition) is 1. The lowest BCUT2D eigenvalue weighted by Gasteiger charge is -2.23. The minimum Gasteiger partial charge on any atom is -0.491 e. The molecule has 2 heteroatoms. The van der Waals surface area contributed by atoms with E-state index in [2.05, 4.69) is 13.2 Å². The minimum atomic E-state index is 0.490. The van der Waals surface area contributed by atoms with Crippen molar-refractivity contribution in [3.63, 3.8) is 0 Å². The van der Waals surface area contributed by atoms with Gasteiger partial charge in [0.15, 0.2) is 0 Å². The quantitative estimate of drug-likeness (QED) is 0.469. The van der Waals surface area contributed by atoms with Crippen LogP contribution in [0.2, 0.25) is 0 Å². The van der Waals surface area contributed by atoms with Gasteiger partial charge in [0.25, 0.3) is 0 Å². The largest absolute Gasteiger partial charge is 0.491 e. The molecule has 1 rings (SSSR count). The van der Waals surface area contributed by atoms with E-state index in [0.717, 1.165) is 14.1 Å². The Hall–Kier alpha value is -0.0300. The maximum absolute atomic E-state index is 5.66. The third-order valence-corrected chi connectivity index (χ3v) is 2.82. The number of rotatable bonds is 3. The first-order chi connectivity index (χ1) is 5.33. The zero-order valence-electron chi connectivity index (χ0n) is 7.23. The zero-order chi connectivity index (χ0) is 8.10. The summed E-state index contributed by atoms with van der Waals surface area (Å²) in [6.07, 6.45) is 7.03. The Morgan fingerprint density at radius 2 is 2.00 bits per heavy atom. The molecule has 1 atom stereocenters. The molecule has 11 heavy (non-hydrogen) atoms. The fourth-order valence-corrected chi connectivity index (χ4v) is 1.73. The minimum absolute atomic E-state index is 0.490. The van der Waals surface area contributed by atoms with Crippen LogP contribution in [0.5, 0.6) is 0 Å². The highest BCUT2D eigenvalue weighted by atomic mass is 31.1. The van der Waals surface area contributed by atoms with Gasteiger partial charge in [0.2, 0.25) is 0 Å². The molecule has 1 unspecified atom stereocenters. The molecule has 0 aromatic rings. The van der Waals surface area contributed by atoms with Crippen molar-refractivity contribution in [2.24, 2.45) is 0 Å². The molecule has 0 spiro atoms. The Labute approximate surface area is 71.0 Å². The molecule has 1 fully saturated rings. The third-order valence-electron chi connectivity index (χ3n) is 2.14. The summed E-state index contributed by atoms with van der Waals surface area (Å²) in [6, 6.07) is 0. The van der Waals surface area contributed by atoms with Crippen LogP contribution in [-0.2, 0) is 4.74 Å². The maximum Gasteiger partial charge on any atom is 0.108 e. The van der Waals surface area contributed by atoms with Crippen molar-refractivity contribution in [2.75, 3.05) is 6.66 Å². The smallest absolute Gasteiger partial charge is 0.108 e. The molecule has 0 aliphatic heterocycles. The molecule has 1 nitrogen and oxygen atoms in total. The van der Waals surface area contributed by atoms with Crippen LogP contribution in [0, 0.1) is 0 Å². The van der Waals surface area contributed by atoms with E-state index in [9.17, 15) is 0 Å². The van der Waals surface area contributed by atoms with E-state index >= 15 is 0 Å². The van der Waals surface area contributed by atoms with E-state index in [4.69, 9.17) is 4.74 Å². The van der Waals surface area contributed by atoms with Gasteiger partial charge in [-0.2, -0.15) is 0 Å². The lowest BCUT2D eigenvalue weighted by atomic mass is 9.98. The average molecular weight is 172 g/mol. The molecule has 64 valence electrons. The normalized spacial score (nSPS) is 20.8. The SMILES string of the molecule is C=C(OC1CCCCC1)PC. The molecular weight excluding hydrogens is 155 g/mol. The van der Waals surface area contributed by atoms with Crippen LogP contribution >= 0.6 is 8.58 Å². The predicted molar refractivity (Wildman–Crippen MR) is 51.3 cm³/mol. The van der Waals surface area contributed by atoms with Crippen LogP contribution in [0.4, 0.5) is 0 Å². The Kier molecular flexibility index (Phi) is 3.93. The molecule has 0 heterocycles. The van der Waals surface area contributed by atoms with Gasteiger partial charge in [0.05, 0.1) is 6.10 Å². The molecule has 1 aliphatic carbocycles. The molecule has 0 N–H and O–H groups in total. The summed E-state index contributed by atoms with van der Waals surface area (Å²) in [5, 5.41) is 0. The van der Waals surface area contributed by atoms with Gasteiger partial charge < -0.3 is 4.74 Å².